The van der Waals surface area contributed by atoms with Crippen molar-refractivity contribution in [3.63, 3.8) is 0 Å². The van der Waals surface area contributed by atoms with Gasteiger partial charge in [-0.15, -0.1) is 0 Å². The van der Waals surface area contributed by atoms with E-state index in [9.17, 15) is 9.18 Å². The van der Waals surface area contributed by atoms with Crippen LogP contribution in [0, 0.1) is 5.82 Å². The lowest BCUT2D eigenvalue weighted by atomic mass is 10.00. The molecule has 5 heteroatoms. The summed E-state index contributed by atoms with van der Waals surface area (Å²) in [5, 5.41) is 0.499. The summed E-state index contributed by atoms with van der Waals surface area (Å²) in [6.07, 6.45) is 0.739. The van der Waals surface area contributed by atoms with Crippen LogP contribution in [0.2, 0.25) is 5.02 Å². The van der Waals surface area contributed by atoms with Crippen LogP contribution in [0.15, 0.2) is 34.8 Å². The average Bonchev–Trinajstić information content (AvgIpc) is 2.88. The molecule has 102 valence electrons. The number of hydrogen-bond acceptors (Lipinski definition) is 2. The second-order valence-electron chi connectivity index (χ2n) is 4.50. The highest BCUT2D eigenvalue weighted by Crippen LogP contribution is 2.34. The van der Waals surface area contributed by atoms with Gasteiger partial charge in [0.1, 0.15) is 11.6 Å². The summed E-state index contributed by atoms with van der Waals surface area (Å²) in [7, 11) is 0. The third-order valence-corrected chi connectivity index (χ3v) is 4.00. The number of benzene rings is 2. The molecule has 0 atom stereocenters. The summed E-state index contributed by atoms with van der Waals surface area (Å²) in [6.45, 7) is 0.545. The third kappa shape index (κ3) is 2.34. The lowest BCUT2D eigenvalue weighted by Crippen LogP contribution is -2.04. The van der Waals surface area contributed by atoms with E-state index in [4.69, 9.17) is 16.3 Å². The zero-order valence-electron chi connectivity index (χ0n) is 10.3. The number of ether oxygens (including phenoxy) is 1. The molecular formula is C15H9BrClFO2. The fraction of sp³-hybridized carbons (Fsp3) is 0.133. The predicted molar refractivity (Wildman–Crippen MR) is 78.2 cm³/mol. The van der Waals surface area contributed by atoms with Gasteiger partial charge in [0, 0.05) is 17.0 Å². The van der Waals surface area contributed by atoms with E-state index >= 15 is 0 Å². The molecule has 0 amide bonds. The Bertz CT molecular complexity index is 715. The number of carbonyl (C=O) groups excluding carboxylic acids is 1. The molecule has 0 unspecified atom stereocenters. The second-order valence-corrected chi connectivity index (χ2v) is 5.79. The first-order chi connectivity index (χ1) is 9.56. The zero-order valence-corrected chi connectivity index (χ0v) is 12.6. The van der Waals surface area contributed by atoms with Crippen molar-refractivity contribution in [1.82, 2.24) is 0 Å². The van der Waals surface area contributed by atoms with Gasteiger partial charge in [-0.1, -0.05) is 11.6 Å². The van der Waals surface area contributed by atoms with Crippen molar-refractivity contribution < 1.29 is 13.9 Å². The highest BCUT2D eigenvalue weighted by atomic mass is 79.9. The molecule has 2 aromatic carbocycles. The maximum atomic E-state index is 13.2. The van der Waals surface area contributed by atoms with E-state index < -0.39 is 5.82 Å². The summed E-state index contributed by atoms with van der Waals surface area (Å²) in [5.41, 5.74) is 1.74. The van der Waals surface area contributed by atoms with E-state index in [0.717, 1.165) is 12.0 Å². The number of hydrogen-bond donors (Lipinski definition) is 0. The van der Waals surface area contributed by atoms with Crippen molar-refractivity contribution in [3.05, 3.63) is 62.3 Å². The van der Waals surface area contributed by atoms with Crippen molar-refractivity contribution in [1.29, 1.82) is 0 Å². The van der Waals surface area contributed by atoms with E-state index in [1.807, 2.05) is 0 Å². The number of fused-ring (bicyclic) bond motifs is 1. The first-order valence-corrected chi connectivity index (χ1v) is 7.18. The van der Waals surface area contributed by atoms with Crippen LogP contribution in [0.3, 0.4) is 0 Å². The number of carbonyl (C=O) groups is 1. The lowest BCUT2D eigenvalue weighted by Gasteiger charge is -2.08. The predicted octanol–water partition coefficient (Wildman–Crippen LogP) is 4.41. The lowest BCUT2D eigenvalue weighted by molar-refractivity contribution is 0.103. The van der Waals surface area contributed by atoms with Gasteiger partial charge >= 0.3 is 0 Å². The quantitative estimate of drug-likeness (QED) is 0.746. The minimum atomic E-state index is -0.408. The SMILES string of the molecule is O=C(c1ccc(F)c(Br)c1)c1cc(Cl)cc2c1OCC2. The van der Waals surface area contributed by atoms with Crippen LogP contribution in [0.1, 0.15) is 21.5 Å². The van der Waals surface area contributed by atoms with Crippen LogP contribution >= 0.6 is 27.5 Å². The summed E-state index contributed by atoms with van der Waals surface area (Å²) < 4.78 is 19.0. The Balaban J connectivity index is 2.09. The van der Waals surface area contributed by atoms with Gasteiger partial charge in [0.05, 0.1) is 16.6 Å². The van der Waals surface area contributed by atoms with Crippen molar-refractivity contribution in [2.24, 2.45) is 0 Å². The van der Waals surface area contributed by atoms with Crippen LogP contribution in [0.25, 0.3) is 0 Å². The normalized spacial score (nSPS) is 12.9. The molecule has 0 spiro atoms. The molecule has 2 aromatic rings. The topological polar surface area (TPSA) is 26.3 Å². The minimum absolute atomic E-state index is 0.230. The molecule has 0 bridgehead atoms. The van der Waals surface area contributed by atoms with Crippen LogP contribution in [-0.2, 0) is 6.42 Å². The standard InChI is InChI=1S/C15H9BrClFO2/c16-12-6-8(1-2-13(12)18)14(19)11-7-10(17)5-9-3-4-20-15(9)11/h1-2,5-7H,3-4H2. The molecule has 3 rings (SSSR count). The Kier molecular flexibility index (Phi) is 3.52. The molecule has 0 aromatic heterocycles. The van der Waals surface area contributed by atoms with E-state index in [1.54, 1.807) is 12.1 Å². The molecule has 0 saturated carbocycles. The van der Waals surface area contributed by atoms with Crippen molar-refractivity contribution >= 4 is 33.3 Å². The van der Waals surface area contributed by atoms with Gasteiger partial charge in [-0.2, -0.15) is 0 Å². The van der Waals surface area contributed by atoms with Gasteiger partial charge in [-0.3, -0.25) is 4.79 Å². The van der Waals surface area contributed by atoms with Crippen molar-refractivity contribution in [3.8, 4) is 5.75 Å². The monoisotopic (exact) mass is 354 g/mol. The zero-order chi connectivity index (χ0) is 14.3. The van der Waals surface area contributed by atoms with Crippen molar-refractivity contribution in [2.45, 2.75) is 6.42 Å². The summed E-state index contributed by atoms with van der Waals surface area (Å²) in [4.78, 5) is 12.5. The minimum Gasteiger partial charge on any atom is -0.492 e. The van der Waals surface area contributed by atoms with E-state index in [0.29, 0.717) is 28.5 Å². The summed E-state index contributed by atoms with van der Waals surface area (Å²) in [5.74, 6) is -0.0553. The number of halogens is 3. The van der Waals surface area contributed by atoms with E-state index in [2.05, 4.69) is 15.9 Å². The highest BCUT2D eigenvalue weighted by Gasteiger charge is 2.23. The van der Waals surface area contributed by atoms with Crippen LogP contribution in [0.5, 0.6) is 5.75 Å². The fourth-order valence-corrected chi connectivity index (χ4v) is 2.85. The van der Waals surface area contributed by atoms with E-state index in [-0.39, 0.29) is 10.3 Å². The van der Waals surface area contributed by atoms with Gasteiger partial charge in [-0.25, -0.2) is 4.39 Å². The molecular weight excluding hydrogens is 347 g/mol. The maximum absolute atomic E-state index is 13.2. The Hall–Kier alpha value is -1.39. The number of ketones is 1. The third-order valence-electron chi connectivity index (χ3n) is 3.17. The van der Waals surface area contributed by atoms with Gasteiger partial charge in [0.2, 0.25) is 0 Å². The molecule has 1 aliphatic heterocycles. The molecule has 0 radical (unpaired) electrons. The Morgan fingerprint density at radius 2 is 2.10 bits per heavy atom. The average molecular weight is 356 g/mol. The molecule has 0 aliphatic carbocycles. The molecule has 2 nitrogen and oxygen atoms in total. The Morgan fingerprint density at radius 3 is 2.85 bits per heavy atom. The second kappa shape index (κ2) is 5.19. The fourth-order valence-electron chi connectivity index (χ4n) is 2.23. The van der Waals surface area contributed by atoms with Crippen LogP contribution in [-0.4, -0.2) is 12.4 Å². The Labute approximate surface area is 128 Å². The highest BCUT2D eigenvalue weighted by molar-refractivity contribution is 9.10. The maximum Gasteiger partial charge on any atom is 0.196 e. The van der Waals surface area contributed by atoms with Gasteiger partial charge < -0.3 is 4.74 Å². The van der Waals surface area contributed by atoms with Gasteiger partial charge in [0.15, 0.2) is 5.78 Å². The molecule has 1 heterocycles. The van der Waals surface area contributed by atoms with Gasteiger partial charge in [-0.05, 0) is 51.8 Å². The number of rotatable bonds is 2. The molecule has 0 fully saturated rings. The van der Waals surface area contributed by atoms with E-state index in [1.165, 1.54) is 18.2 Å². The van der Waals surface area contributed by atoms with Crippen molar-refractivity contribution in [2.75, 3.05) is 6.61 Å². The Morgan fingerprint density at radius 1 is 1.30 bits per heavy atom. The molecule has 1 aliphatic rings. The largest absolute Gasteiger partial charge is 0.492 e. The summed E-state index contributed by atoms with van der Waals surface area (Å²) in [6, 6.07) is 7.56. The van der Waals surface area contributed by atoms with Gasteiger partial charge in [0.25, 0.3) is 0 Å². The van der Waals surface area contributed by atoms with Crippen LogP contribution in [0.4, 0.5) is 4.39 Å². The molecule has 0 N–H and O–H groups in total. The first-order valence-electron chi connectivity index (χ1n) is 6.01. The molecule has 0 saturated heterocycles. The first kappa shape index (κ1) is 13.6. The molecule has 20 heavy (non-hydrogen) atoms. The summed E-state index contributed by atoms with van der Waals surface area (Å²) >= 11 is 9.12. The van der Waals surface area contributed by atoms with Crippen LogP contribution < -0.4 is 4.74 Å². The smallest absolute Gasteiger partial charge is 0.196 e.